The van der Waals surface area contributed by atoms with Crippen molar-refractivity contribution in [1.29, 1.82) is 0 Å². The largest absolute Gasteiger partial charge is 0.362 e. The number of thiocarbonyl (C=S) groups is 1. The quantitative estimate of drug-likeness (QED) is 0.564. The molecule has 2 rings (SSSR count). The summed E-state index contributed by atoms with van der Waals surface area (Å²) >= 11 is 5.31. The minimum Gasteiger partial charge on any atom is -0.362 e. The molecular formula is C18H24N3S+. The zero-order valence-corrected chi connectivity index (χ0v) is 14.0. The molecule has 0 aliphatic heterocycles. The minimum absolute atomic E-state index is 0.682. The van der Waals surface area contributed by atoms with Crippen LogP contribution in [0.25, 0.3) is 11.1 Å². The highest BCUT2D eigenvalue weighted by Gasteiger charge is 2.00. The molecule has 0 aliphatic rings. The number of anilines is 1. The fourth-order valence-electron chi connectivity index (χ4n) is 2.20. The summed E-state index contributed by atoms with van der Waals surface area (Å²) in [6.45, 7) is 2.04. The summed E-state index contributed by atoms with van der Waals surface area (Å²) in [5, 5.41) is 7.14. The molecule has 4 heteroatoms. The molecule has 2 aromatic rings. The molecule has 0 aliphatic carbocycles. The molecule has 0 amide bonds. The molecule has 0 fully saturated rings. The fraction of sp³-hybridized carbons (Fsp3) is 0.278. The number of hydrogen-bond acceptors (Lipinski definition) is 1. The topological polar surface area (TPSA) is 28.5 Å². The molecule has 0 spiro atoms. The van der Waals surface area contributed by atoms with Crippen molar-refractivity contribution in [1.82, 2.24) is 5.32 Å². The highest BCUT2D eigenvalue weighted by atomic mass is 32.1. The van der Waals surface area contributed by atoms with Gasteiger partial charge in [-0.2, -0.15) is 0 Å². The van der Waals surface area contributed by atoms with Gasteiger partial charge in [0.05, 0.1) is 20.6 Å². The maximum atomic E-state index is 5.31. The molecule has 0 unspecified atom stereocenters. The van der Waals surface area contributed by atoms with E-state index in [0.717, 1.165) is 25.2 Å². The monoisotopic (exact) mass is 314 g/mol. The van der Waals surface area contributed by atoms with Crippen LogP contribution in [0.3, 0.4) is 0 Å². The average Bonchev–Trinajstić information content (AvgIpc) is 2.53. The maximum Gasteiger partial charge on any atom is 0.170 e. The summed E-state index contributed by atoms with van der Waals surface area (Å²) in [5.41, 5.74) is 3.44. The van der Waals surface area contributed by atoms with E-state index in [4.69, 9.17) is 12.2 Å². The highest BCUT2D eigenvalue weighted by molar-refractivity contribution is 7.80. The lowest BCUT2D eigenvalue weighted by Crippen LogP contribution is -3.05. The van der Waals surface area contributed by atoms with E-state index in [1.807, 2.05) is 6.07 Å². The van der Waals surface area contributed by atoms with E-state index in [-0.39, 0.29) is 0 Å². The van der Waals surface area contributed by atoms with Crippen molar-refractivity contribution < 1.29 is 4.90 Å². The van der Waals surface area contributed by atoms with Crippen LogP contribution in [0.2, 0.25) is 0 Å². The molecule has 3 N–H and O–H groups in total. The fourth-order valence-corrected chi connectivity index (χ4v) is 2.42. The maximum absolute atomic E-state index is 5.31. The highest BCUT2D eigenvalue weighted by Crippen LogP contribution is 2.20. The standard InChI is InChI=1S/C18H23N3S/c1-21(2)14-6-13-19-18(22)20-17-11-9-16(10-12-17)15-7-4-3-5-8-15/h3-5,7-12H,6,13-14H2,1-2H3,(H2,19,20,22)/p+1. The van der Waals surface area contributed by atoms with Gasteiger partial charge in [-0.25, -0.2) is 0 Å². The molecular weight excluding hydrogens is 290 g/mol. The summed E-state index contributed by atoms with van der Waals surface area (Å²) in [6, 6.07) is 18.7. The van der Waals surface area contributed by atoms with E-state index in [9.17, 15) is 0 Å². The molecule has 3 nitrogen and oxygen atoms in total. The molecule has 0 saturated heterocycles. The Kier molecular flexibility index (Phi) is 6.37. The first kappa shape index (κ1) is 16.5. The first-order chi connectivity index (χ1) is 10.6. The molecule has 22 heavy (non-hydrogen) atoms. The summed E-state index contributed by atoms with van der Waals surface area (Å²) in [5.74, 6) is 0. The van der Waals surface area contributed by atoms with Crippen molar-refractivity contribution in [3.05, 3.63) is 54.6 Å². The van der Waals surface area contributed by atoms with Gasteiger partial charge in [0, 0.05) is 18.7 Å². The van der Waals surface area contributed by atoms with Crippen molar-refractivity contribution in [2.24, 2.45) is 0 Å². The molecule has 2 aromatic carbocycles. The van der Waals surface area contributed by atoms with Crippen molar-refractivity contribution in [2.75, 3.05) is 32.5 Å². The Hall–Kier alpha value is -1.91. The molecule has 116 valence electrons. The van der Waals surface area contributed by atoms with Crippen LogP contribution < -0.4 is 15.5 Å². The van der Waals surface area contributed by atoms with Crippen LogP contribution in [0.4, 0.5) is 5.69 Å². The van der Waals surface area contributed by atoms with Crippen LogP contribution in [0.5, 0.6) is 0 Å². The second-order valence-corrected chi connectivity index (χ2v) is 6.04. The normalized spacial score (nSPS) is 10.5. The second kappa shape index (κ2) is 8.51. The third-order valence-electron chi connectivity index (χ3n) is 3.39. The minimum atomic E-state index is 0.682. The zero-order chi connectivity index (χ0) is 15.8. The van der Waals surface area contributed by atoms with E-state index in [2.05, 4.69) is 73.3 Å². The van der Waals surface area contributed by atoms with Gasteiger partial charge < -0.3 is 15.5 Å². The first-order valence-corrected chi connectivity index (χ1v) is 8.05. The van der Waals surface area contributed by atoms with E-state index in [1.165, 1.54) is 16.0 Å². The predicted molar refractivity (Wildman–Crippen MR) is 98.4 cm³/mol. The Morgan fingerprint density at radius 3 is 2.23 bits per heavy atom. The molecule has 0 radical (unpaired) electrons. The number of benzene rings is 2. The second-order valence-electron chi connectivity index (χ2n) is 5.63. The third-order valence-corrected chi connectivity index (χ3v) is 3.64. The van der Waals surface area contributed by atoms with E-state index >= 15 is 0 Å². The number of rotatable bonds is 6. The molecule has 0 atom stereocenters. The van der Waals surface area contributed by atoms with Crippen molar-refractivity contribution in [3.8, 4) is 11.1 Å². The van der Waals surface area contributed by atoms with Crippen molar-refractivity contribution >= 4 is 23.0 Å². The van der Waals surface area contributed by atoms with Gasteiger partial charge >= 0.3 is 0 Å². The van der Waals surface area contributed by atoms with Gasteiger partial charge in [0.1, 0.15) is 0 Å². The molecule has 0 heterocycles. The van der Waals surface area contributed by atoms with Crippen molar-refractivity contribution in [3.63, 3.8) is 0 Å². The summed E-state index contributed by atoms with van der Waals surface area (Å²) in [4.78, 5) is 1.46. The van der Waals surface area contributed by atoms with Gasteiger partial charge in [0.25, 0.3) is 0 Å². The average molecular weight is 314 g/mol. The summed E-state index contributed by atoms with van der Waals surface area (Å²) < 4.78 is 0. The Morgan fingerprint density at radius 2 is 1.59 bits per heavy atom. The van der Waals surface area contributed by atoms with Gasteiger partial charge in [0.15, 0.2) is 5.11 Å². The lowest BCUT2D eigenvalue weighted by Gasteiger charge is -2.12. The third kappa shape index (κ3) is 5.47. The van der Waals surface area contributed by atoms with E-state index < -0.39 is 0 Å². The Balaban J connectivity index is 1.82. The summed E-state index contributed by atoms with van der Waals surface area (Å²) in [7, 11) is 4.32. The van der Waals surface area contributed by atoms with Gasteiger partial charge in [-0.15, -0.1) is 0 Å². The SMILES string of the molecule is C[NH+](C)CCCNC(=S)Nc1ccc(-c2ccccc2)cc1. The Labute approximate surface area is 138 Å². The number of hydrogen-bond donors (Lipinski definition) is 3. The number of quaternary nitrogens is 1. The van der Waals surface area contributed by atoms with Gasteiger partial charge in [0.2, 0.25) is 0 Å². The van der Waals surface area contributed by atoms with Crippen LogP contribution in [-0.2, 0) is 0 Å². The smallest absolute Gasteiger partial charge is 0.170 e. The lowest BCUT2D eigenvalue weighted by molar-refractivity contribution is -0.858. The van der Waals surface area contributed by atoms with Crippen LogP contribution >= 0.6 is 12.2 Å². The zero-order valence-electron chi connectivity index (χ0n) is 13.2. The molecule has 0 aromatic heterocycles. The Bertz CT molecular complexity index is 579. The summed E-state index contributed by atoms with van der Waals surface area (Å²) in [6.07, 6.45) is 1.11. The van der Waals surface area contributed by atoms with Gasteiger partial charge in [-0.05, 0) is 35.5 Å². The van der Waals surface area contributed by atoms with Crippen LogP contribution in [0, 0.1) is 0 Å². The van der Waals surface area contributed by atoms with Gasteiger partial charge in [-0.3, -0.25) is 0 Å². The number of nitrogens with one attached hydrogen (secondary N) is 3. The lowest BCUT2D eigenvalue weighted by atomic mass is 10.1. The van der Waals surface area contributed by atoms with Crippen LogP contribution in [-0.4, -0.2) is 32.3 Å². The molecule has 0 saturated carbocycles. The van der Waals surface area contributed by atoms with Crippen molar-refractivity contribution in [2.45, 2.75) is 6.42 Å². The van der Waals surface area contributed by atoms with E-state index in [1.54, 1.807) is 0 Å². The van der Waals surface area contributed by atoms with Crippen LogP contribution in [0.15, 0.2) is 54.6 Å². The first-order valence-electron chi connectivity index (χ1n) is 7.64. The van der Waals surface area contributed by atoms with Gasteiger partial charge in [-0.1, -0.05) is 42.5 Å². The van der Waals surface area contributed by atoms with E-state index in [0.29, 0.717) is 5.11 Å². The predicted octanol–water partition coefficient (Wildman–Crippen LogP) is 2.17. The molecule has 0 bridgehead atoms. The Morgan fingerprint density at radius 1 is 0.955 bits per heavy atom. The van der Waals surface area contributed by atoms with Crippen LogP contribution in [0.1, 0.15) is 6.42 Å².